The molecule has 1 aromatic carbocycles. The summed E-state index contributed by atoms with van der Waals surface area (Å²) in [5, 5.41) is 0. The second-order valence-corrected chi connectivity index (χ2v) is 7.29. The standard InChI is InChI=1S/C22H25N5O3/c1-5-27-15-9-7-8-14(22(29)30-6-2)16(15)19(28)17(20-23-10-12-25(20)3)18(27)21-24-11-13-26(21)4/h7-13,17-18H,5-6H2,1-4H3. The van der Waals surface area contributed by atoms with Gasteiger partial charge in [0.1, 0.15) is 23.6 Å². The largest absolute Gasteiger partial charge is 0.462 e. The number of nitrogens with zero attached hydrogens (tertiary/aromatic N) is 5. The van der Waals surface area contributed by atoms with Crippen molar-refractivity contribution in [2.45, 2.75) is 25.8 Å². The van der Waals surface area contributed by atoms with Crippen LogP contribution < -0.4 is 4.90 Å². The Kier molecular flexibility index (Phi) is 5.15. The number of benzene rings is 1. The minimum Gasteiger partial charge on any atom is -0.462 e. The summed E-state index contributed by atoms with van der Waals surface area (Å²) >= 11 is 0. The molecule has 0 N–H and O–H groups in total. The number of imidazole rings is 2. The fourth-order valence-corrected chi connectivity index (χ4v) is 4.30. The first-order valence-corrected chi connectivity index (χ1v) is 10.0. The van der Waals surface area contributed by atoms with E-state index in [1.165, 1.54) is 0 Å². The summed E-state index contributed by atoms with van der Waals surface area (Å²) in [6.07, 6.45) is 7.10. The molecule has 0 radical (unpaired) electrons. The molecule has 2 unspecified atom stereocenters. The third-order valence-corrected chi connectivity index (χ3v) is 5.63. The molecule has 1 aliphatic rings. The van der Waals surface area contributed by atoms with Gasteiger partial charge in [0, 0.05) is 51.1 Å². The number of Topliss-reactive ketones (excluding diaryl/α,β-unsaturated/α-hetero) is 1. The van der Waals surface area contributed by atoms with Crippen LogP contribution in [0.2, 0.25) is 0 Å². The number of ether oxygens (including phenoxy) is 1. The van der Waals surface area contributed by atoms with Crippen LogP contribution in [0.5, 0.6) is 0 Å². The van der Waals surface area contributed by atoms with E-state index in [-0.39, 0.29) is 24.0 Å². The van der Waals surface area contributed by atoms with Crippen LogP contribution in [0, 0.1) is 0 Å². The first-order valence-electron chi connectivity index (χ1n) is 10.0. The molecule has 0 amide bonds. The van der Waals surface area contributed by atoms with Crippen molar-refractivity contribution in [3.8, 4) is 0 Å². The molecular weight excluding hydrogens is 382 g/mol. The molecule has 2 aromatic heterocycles. The van der Waals surface area contributed by atoms with Gasteiger partial charge in [-0.05, 0) is 26.0 Å². The third kappa shape index (κ3) is 2.99. The van der Waals surface area contributed by atoms with Crippen molar-refractivity contribution in [3.63, 3.8) is 0 Å². The highest BCUT2D eigenvalue weighted by Gasteiger charge is 2.46. The summed E-state index contributed by atoms with van der Waals surface area (Å²) in [5.41, 5.74) is 1.39. The Balaban J connectivity index is 1.99. The van der Waals surface area contributed by atoms with Crippen LogP contribution in [0.1, 0.15) is 58.2 Å². The van der Waals surface area contributed by atoms with E-state index >= 15 is 0 Å². The van der Waals surface area contributed by atoms with Crippen LogP contribution in [0.25, 0.3) is 0 Å². The Morgan fingerprint density at radius 3 is 2.30 bits per heavy atom. The Labute approximate surface area is 175 Å². The maximum atomic E-state index is 14.0. The SMILES string of the molecule is CCOC(=O)c1cccc2c1C(=O)C(c1nccn1C)C(c1nccn1C)N2CC. The number of aromatic nitrogens is 4. The molecule has 30 heavy (non-hydrogen) atoms. The molecule has 4 rings (SSSR count). The van der Waals surface area contributed by atoms with Crippen LogP contribution in [-0.4, -0.2) is 44.0 Å². The summed E-state index contributed by atoms with van der Waals surface area (Å²) in [4.78, 5) is 37.8. The predicted molar refractivity (Wildman–Crippen MR) is 112 cm³/mol. The fraction of sp³-hybridized carbons (Fsp3) is 0.364. The van der Waals surface area contributed by atoms with Gasteiger partial charge in [0.2, 0.25) is 0 Å². The van der Waals surface area contributed by atoms with Gasteiger partial charge in [-0.25, -0.2) is 14.8 Å². The highest BCUT2D eigenvalue weighted by molar-refractivity contribution is 6.14. The van der Waals surface area contributed by atoms with E-state index in [2.05, 4.69) is 14.9 Å². The van der Waals surface area contributed by atoms with Gasteiger partial charge in [-0.3, -0.25) is 4.79 Å². The number of hydrogen-bond donors (Lipinski definition) is 0. The minimum absolute atomic E-state index is 0.152. The summed E-state index contributed by atoms with van der Waals surface area (Å²) in [7, 11) is 3.79. The number of hydrogen-bond acceptors (Lipinski definition) is 6. The summed E-state index contributed by atoms with van der Waals surface area (Å²) in [6, 6.07) is 4.97. The van der Waals surface area contributed by atoms with Gasteiger partial charge in [0.05, 0.1) is 17.7 Å². The number of ketones is 1. The number of esters is 1. The van der Waals surface area contributed by atoms with E-state index in [9.17, 15) is 9.59 Å². The van der Waals surface area contributed by atoms with Gasteiger partial charge >= 0.3 is 5.97 Å². The number of anilines is 1. The molecule has 0 saturated heterocycles. The molecule has 156 valence electrons. The van der Waals surface area contributed by atoms with Crippen LogP contribution in [0.3, 0.4) is 0 Å². The molecular formula is C22H25N5O3. The van der Waals surface area contributed by atoms with E-state index in [1.807, 2.05) is 48.6 Å². The maximum absolute atomic E-state index is 14.0. The molecule has 2 atom stereocenters. The van der Waals surface area contributed by atoms with Crippen molar-refractivity contribution >= 4 is 17.4 Å². The highest BCUT2D eigenvalue weighted by Crippen LogP contribution is 2.46. The smallest absolute Gasteiger partial charge is 0.338 e. The Morgan fingerprint density at radius 2 is 1.73 bits per heavy atom. The molecule has 3 heterocycles. The maximum Gasteiger partial charge on any atom is 0.338 e. The second-order valence-electron chi connectivity index (χ2n) is 7.29. The minimum atomic E-state index is -0.617. The lowest BCUT2D eigenvalue weighted by Crippen LogP contribution is -2.43. The Hall–Kier alpha value is -3.42. The molecule has 0 bridgehead atoms. The van der Waals surface area contributed by atoms with Crippen LogP contribution in [-0.2, 0) is 18.8 Å². The highest BCUT2D eigenvalue weighted by atomic mass is 16.5. The van der Waals surface area contributed by atoms with Gasteiger partial charge in [-0.2, -0.15) is 0 Å². The van der Waals surface area contributed by atoms with E-state index < -0.39 is 11.9 Å². The number of carbonyl (C=O) groups is 2. The lowest BCUT2D eigenvalue weighted by atomic mass is 9.81. The molecule has 3 aromatic rings. The van der Waals surface area contributed by atoms with Crippen molar-refractivity contribution in [1.29, 1.82) is 0 Å². The molecule has 8 heteroatoms. The normalized spacial score (nSPS) is 18.4. The van der Waals surface area contributed by atoms with Crippen LogP contribution >= 0.6 is 0 Å². The van der Waals surface area contributed by atoms with Crippen LogP contribution in [0.4, 0.5) is 5.69 Å². The molecule has 0 fully saturated rings. The van der Waals surface area contributed by atoms with Crippen molar-refractivity contribution in [1.82, 2.24) is 19.1 Å². The number of fused-ring (bicyclic) bond motifs is 1. The second kappa shape index (κ2) is 7.78. The summed E-state index contributed by atoms with van der Waals surface area (Å²) < 4.78 is 9.01. The van der Waals surface area contributed by atoms with Gasteiger partial charge in [0.15, 0.2) is 5.78 Å². The predicted octanol–water partition coefficient (Wildman–Crippen LogP) is 2.88. The molecule has 1 aliphatic heterocycles. The fourth-order valence-electron chi connectivity index (χ4n) is 4.30. The van der Waals surface area contributed by atoms with Gasteiger partial charge in [-0.15, -0.1) is 0 Å². The monoisotopic (exact) mass is 407 g/mol. The summed E-state index contributed by atoms with van der Waals surface area (Å²) in [5.74, 6) is 0.142. The van der Waals surface area contributed by atoms with Crippen molar-refractivity contribution in [2.75, 3.05) is 18.1 Å². The van der Waals surface area contributed by atoms with Crippen molar-refractivity contribution in [3.05, 3.63) is 65.8 Å². The van der Waals surface area contributed by atoms with Gasteiger partial charge in [-0.1, -0.05) is 6.07 Å². The first-order chi connectivity index (χ1) is 14.5. The zero-order chi connectivity index (χ0) is 21.4. The lowest BCUT2D eigenvalue weighted by molar-refractivity contribution is 0.0522. The average Bonchev–Trinajstić information content (AvgIpc) is 3.35. The Morgan fingerprint density at radius 1 is 1.07 bits per heavy atom. The molecule has 8 nitrogen and oxygen atoms in total. The summed E-state index contributed by atoms with van der Waals surface area (Å²) in [6.45, 7) is 4.65. The zero-order valence-electron chi connectivity index (χ0n) is 17.6. The third-order valence-electron chi connectivity index (χ3n) is 5.63. The van der Waals surface area contributed by atoms with E-state index in [0.29, 0.717) is 23.6 Å². The number of likely N-dealkylation sites (N-methyl/N-ethyl adjacent to an activating group) is 1. The zero-order valence-corrected chi connectivity index (χ0v) is 17.6. The van der Waals surface area contributed by atoms with Crippen molar-refractivity contribution in [2.24, 2.45) is 14.1 Å². The average molecular weight is 407 g/mol. The van der Waals surface area contributed by atoms with E-state index in [0.717, 1.165) is 5.82 Å². The molecule has 0 saturated carbocycles. The first kappa shape index (κ1) is 19.9. The molecule has 0 spiro atoms. The van der Waals surface area contributed by atoms with Gasteiger partial charge < -0.3 is 18.8 Å². The number of rotatable bonds is 5. The van der Waals surface area contributed by atoms with Crippen LogP contribution in [0.15, 0.2) is 43.0 Å². The number of carbonyl (C=O) groups excluding carboxylic acids is 2. The van der Waals surface area contributed by atoms with Gasteiger partial charge in [0.25, 0.3) is 0 Å². The molecule has 0 aliphatic carbocycles. The number of aryl methyl sites for hydroxylation is 2. The lowest BCUT2D eigenvalue weighted by Gasteiger charge is -2.42. The van der Waals surface area contributed by atoms with E-state index in [1.54, 1.807) is 31.5 Å². The van der Waals surface area contributed by atoms with Crippen molar-refractivity contribution < 1.29 is 14.3 Å². The quantitative estimate of drug-likeness (QED) is 0.605. The van der Waals surface area contributed by atoms with E-state index in [4.69, 9.17) is 4.74 Å². The topological polar surface area (TPSA) is 82.3 Å². The Bertz CT molecular complexity index is 1100.